The zero-order valence-electron chi connectivity index (χ0n) is 16.2. The van der Waals surface area contributed by atoms with Crippen molar-refractivity contribution in [1.82, 2.24) is 9.78 Å². The number of aromatic nitrogens is 2. The first kappa shape index (κ1) is 20.4. The maximum absolute atomic E-state index is 14.0. The van der Waals surface area contributed by atoms with Crippen LogP contribution in [0.4, 0.5) is 15.8 Å². The number of amides is 2. The maximum atomic E-state index is 14.0. The molecule has 2 amide bonds. The molecule has 0 saturated carbocycles. The van der Waals surface area contributed by atoms with Crippen molar-refractivity contribution in [2.45, 2.75) is 47.2 Å². The first-order valence-electron chi connectivity index (χ1n) is 8.82. The molecule has 0 atom stereocenters. The van der Waals surface area contributed by atoms with Gasteiger partial charge >= 0.3 is 0 Å². The molecule has 2 rings (SSSR count). The van der Waals surface area contributed by atoms with E-state index in [1.807, 2.05) is 18.5 Å². The largest absolute Gasteiger partial charge is 0.324 e. The third-order valence-corrected chi connectivity index (χ3v) is 4.30. The van der Waals surface area contributed by atoms with Gasteiger partial charge in [-0.1, -0.05) is 13.5 Å². The Hall–Kier alpha value is -2.96. The molecule has 0 spiro atoms. The third-order valence-electron chi connectivity index (χ3n) is 4.30. The van der Waals surface area contributed by atoms with Crippen LogP contribution in [0.15, 0.2) is 30.9 Å². The van der Waals surface area contributed by atoms with E-state index in [0.29, 0.717) is 5.69 Å². The van der Waals surface area contributed by atoms with E-state index in [1.54, 1.807) is 0 Å². The lowest BCUT2D eigenvalue weighted by Gasteiger charge is -2.22. The summed E-state index contributed by atoms with van der Waals surface area (Å²) in [4.78, 5) is 25.3. The topological polar surface area (TPSA) is 67.2 Å². The monoisotopic (exact) mass is 372 g/mol. The Balaban J connectivity index is 2.44. The van der Waals surface area contributed by atoms with Crippen molar-refractivity contribution in [3.8, 4) is 0 Å². The molecule has 27 heavy (non-hydrogen) atoms. The molecule has 0 bridgehead atoms. The van der Waals surface area contributed by atoms with Gasteiger partial charge in [0.15, 0.2) is 0 Å². The Kier molecular flexibility index (Phi) is 6.50. The Morgan fingerprint density at radius 2 is 2.07 bits per heavy atom. The van der Waals surface area contributed by atoms with E-state index in [9.17, 15) is 14.0 Å². The van der Waals surface area contributed by atoms with Crippen LogP contribution in [0.25, 0.3) is 0 Å². The number of rotatable bonds is 7. The van der Waals surface area contributed by atoms with Gasteiger partial charge in [-0.25, -0.2) is 4.39 Å². The Labute approximate surface area is 158 Å². The minimum absolute atomic E-state index is 0.0250. The van der Waals surface area contributed by atoms with Gasteiger partial charge in [-0.05, 0) is 44.5 Å². The number of hydrogen-bond donors (Lipinski definition) is 1. The average molecular weight is 372 g/mol. The summed E-state index contributed by atoms with van der Waals surface area (Å²) in [5, 5.41) is 6.98. The molecule has 1 aromatic heterocycles. The number of halogens is 1. The first-order chi connectivity index (χ1) is 12.8. The number of carbonyl (C=O) groups excluding carboxylic acids is 2. The van der Waals surface area contributed by atoms with Crippen LogP contribution in [0.2, 0.25) is 0 Å². The van der Waals surface area contributed by atoms with E-state index in [4.69, 9.17) is 0 Å². The predicted octanol–water partition coefficient (Wildman–Crippen LogP) is 3.73. The first-order valence-corrected chi connectivity index (χ1v) is 8.82. The van der Waals surface area contributed by atoms with Gasteiger partial charge in [0.1, 0.15) is 5.82 Å². The summed E-state index contributed by atoms with van der Waals surface area (Å²) in [5.74, 6) is -1.28. The molecular formula is C20H25FN4O2. The number of carbonyl (C=O) groups is 2. The van der Waals surface area contributed by atoms with Crippen LogP contribution in [0.1, 0.15) is 37.2 Å². The van der Waals surface area contributed by atoms with Crippen molar-refractivity contribution in [3.05, 3.63) is 53.6 Å². The molecule has 0 aliphatic carbocycles. The Morgan fingerprint density at radius 1 is 1.37 bits per heavy atom. The van der Waals surface area contributed by atoms with Crippen LogP contribution >= 0.6 is 0 Å². The number of nitrogens with zero attached hydrogens (tertiary/aromatic N) is 3. The zero-order valence-corrected chi connectivity index (χ0v) is 16.2. The summed E-state index contributed by atoms with van der Waals surface area (Å²) >= 11 is 0. The second-order valence-corrected chi connectivity index (χ2v) is 6.35. The summed E-state index contributed by atoms with van der Waals surface area (Å²) in [5.41, 5.74) is 3.25. The fourth-order valence-corrected chi connectivity index (χ4v) is 2.92. The fraction of sp³-hybridized carbons (Fsp3) is 0.350. The molecule has 144 valence electrons. The zero-order chi connectivity index (χ0) is 20.1. The van der Waals surface area contributed by atoms with Gasteiger partial charge in [-0.2, -0.15) is 5.10 Å². The fourth-order valence-electron chi connectivity index (χ4n) is 2.92. The number of anilines is 2. The van der Waals surface area contributed by atoms with Crippen LogP contribution < -0.4 is 10.2 Å². The molecule has 0 aliphatic heterocycles. The molecule has 0 unspecified atom stereocenters. The Bertz CT molecular complexity index is 873. The number of hydrogen-bond acceptors (Lipinski definition) is 3. The van der Waals surface area contributed by atoms with Gasteiger partial charge in [0.25, 0.3) is 5.91 Å². The lowest BCUT2D eigenvalue weighted by molar-refractivity contribution is -0.115. The van der Waals surface area contributed by atoms with Crippen LogP contribution in [0, 0.1) is 19.7 Å². The van der Waals surface area contributed by atoms with E-state index in [-0.39, 0.29) is 24.0 Å². The van der Waals surface area contributed by atoms with Crippen molar-refractivity contribution in [2.24, 2.45) is 0 Å². The smallest absolute Gasteiger partial charge is 0.250 e. The molecule has 0 fully saturated rings. The van der Waals surface area contributed by atoms with E-state index in [2.05, 4.69) is 23.9 Å². The van der Waals surface area contributed by atoms with E-state index in [1.165, 1.54) is 36.1 Å². The normalized spacial score (nSPS) is 10.6. The summed E-state index contributed by atoms with van der Waals surface area (Å²) in [6, 6.07) is 4.17. The van der Waals surface area contributed by atoms with Crippen molar-refractivity contribution in [2.75, 3.05) is 10.2 Å². The van der Waals surface area contributed by atoms with Gasteiger partial charge in [0, 0.05) is 30.4 Å². The average Bonchev–Trinajstić information content (AvgIpc) is 2.88. The van der Waals surface area contributed by atoms with Gasteiger partial charge in [0.05, 0.1) is 17.9 Å². The second-order valence-electron chi connectivity index (χ2n) is 6.35. The van der Waals surface area contributed by atoms with E-state index >= 15 is 0 Å². The molecule has 2 aromatic rings. The molecule has 0 saturated heterocycles. The maximum Gasteiger partial charge on any atom is 0.250 e. The Morgan fingerprint density at radius 3 is 2.67 bits per heavy atom. The van der Waals surface area contributed by atoms with Crippen molar-refractivity contribution in [3.63, 3.8) is 0 Å². The van der Waals surface area contributed by atoms with Crippen molar-refractivity contribution < 1.29 is 14.0 Å². The van der Waals surface area contributed by atoms with Crippen LogP contribution in [-0.4, -0.2) is 21.6 Å². The summed E-state index contributed by atoms with van der Waals surface area (Å²) in [6.07, 6.45) is 2.16. The summed E-state index contributed by atoms with van der Waals surface area (Å²) < 4.78 is 15.9. The van der Waals surface area contributed by atoms with E-state index in [0.717, 1.165) is 29.9 Å². The van der Waals surface area contributed by atoms with Gasteiger partial charge < -0.3 is 10.2 Å². The highest BCUT2D eigenvalue weighted by atomic mass is 19.1. The molecule has 7 heteroatoms. The van der Waals surface area contributed by atoms with Crippen molar-refractivity contribution >= 4 is 23.2 Å². The van der Waals surface area contributed by atoms with Gasteiger partial charge in [0.2, 0.25) is 5.91 Å². The van der Waals surface area contributed by atoms with Crippen LogP contribution in [-0.2, 0) is 22.7 Å². The quantitative estimate of drug-likeness (QED) is 0.753. The molecule has 1 aromatic carbocycles. The molecule has 1 N–H and O–H groups in total. The van der Waals surface area contributed by atoms with Gasteiger partial charge in [-0.3, -0.25) is 14.3 Å². The predicted molar refractivity (Wildman–Crippen MR) is 104 cm³/mol. The number of aryl methyl sites for hydroxylation is 2. The lowest BCUT2D eigenvalue weighted by Crippen LogP contribution is -2.29. The molecule has 6 nitrogen and oxygen atoms in total. The SMILES string of the molecule is C=CC(=O)N(Cc1c(C)nn(CCC)c1C)c1ccc(F)c(NC(C)=O)c1. The third kappa shape index (κ3) is 4.61. The standard InChI is InChI=1S/C20H25FN4O2/c1-6-10-25-14(4)17(13(3)23-25)12-24(20(27)7-2)16-8-9-18(21)19(11-16)22-15(5)26/h7-9,11H,2,6,10,12H2,1,3-5H3,(H,22,26). The van der Waals surface area contributed by atoms with E-state index < -0.39 is 5.82 Å². The lowest BCUT2D eigenvalue weighted by atomic mass is 10.1. The molecular weight excluding hydrogens is 347 g/mol. The molecule has 0 radical (unpaired) electrons. The highest BCUT2D eigenvalue weighted by Gasteiger charge is 2.20. The van der Waals surface area contributed by atoms with Crippen molar-refractivity contribution in [1.29, 1.82) is 0 Å². The number of benzene rings is 1. The van der Waals surface area contributed by atoms with Crippen LogP contribution in [0.5, 0.6) is 0 Å². The highest BCUT2D eigenvalue weighted by molar-refractivity contribution is 6.01. The summed E-state index contributed by atoms with van der Waals surface area (Å²) in [7, 11) is 0. The minimum atomic E-state index is -0.567. The molecule has 1 heterocycles. The summed E-state index contributed by atoms with van der Waals surface area (Å²) in [6.45, 7) is 11.9. The van der Waals surface area contributed by atoms with Crippen LogP contribution in [0.3, 0.4) is 0 Å². The molecule has 0 aliphatic rings. The van der Waals surface area contributed by atoms with Gasteiger partial charge in [-0.15, -0.1) is 0 Å². The second kappa shape index (κ2) is 8.62. The number of nitrogens with one attached hydrogen (secondary N) is 1. The highest BCUT2D eigenvalue weighted by Crippen LogP contribution is 2.26. The minimum Gasteiger partial charge on any atom is -0.324 e.